The molecule has 1 aliphatic carbocycles. The van der Waals surface area contributed by atoms with Gasteiger partial charge in [-0.15, -0.1) is 0 Å². The Hall–Kier alpha value is -2.13. The van der Waals surface area contributed by atoms with Crippen LogP contribution in [0.1, 0.15) is 38.2 Å². The molecule has 4 rings (SSSR count). The zero-order valence-corrected chi connectivity index (χ0v) is 15.5. The molecule has 2 fully saturated rings. The van der Waals surface area contributed by atoms with E-state index in [0.29, 0.717) is 12.6 Å². The van der Waals surface area contributed by atoms with Gasteiger partial charge < -0.3 is 4.74 Å². The number of nitrogens with zero attached hydrogens (tertiary/aromatic N) is 1. The molecule has 2 heterocycles. The van der Waals surface area contributed by atoms with Crippen LogP contribution >= 0.6 is 0 Å². The van der Waals surface area contributed by atoms with Crippen molar-refractivity contribution in [1.29, 1.82) is 0 Å². The Kier molecular flexibility index (Phi) is 4.82. The maximum absolute atomic E-state index is 13.5. The van der Waals surface area contributed by atoms with E-state index in [-0.39, 0.29) is 5.97 Å². The topological polar surface area (TPSA) is 29.5 Å². The molecule has 0 unspecified atom stereocenters. The van der Waals surface area contributed by atoms with Crippen LogP contribution in [-0.2, 0) is 14.9 Å². The van der Waals surface area contributed by atoms with Gasteiger partial charge in [-0.05, 0) is 43.9 Å². The molecule has 2 aliphatic heterocycles. The number of piperidine rings is 1. The number of rotatable bonds is 1. The van der Waals surface area contributed by atoms with Crippen LogP contribution in [0.5, 0.6) is 0 Å². The number of ether oxygens (including phenoxy) is 1. The van der Waals surface area contributed by atoms with E-state index in [0.717, 1.165) is 42.6 Å². The van der Waals surface area contributed by atoms with Gasteiger partial charge in [0.1, 0.15) is 12.0 Å². The third kappa shape index (κ3) is 3.05. The third-order valence-electron chi connectivity index (χ3n) is 6.03. The number of benzene rings is 1. The van der Waals surface area contributed by atoms with Gasteiger partial charge in [0.25, 0.3) is 0 Å². The van der Waals surface area contributed by atoms with Crippen molar-refractivity contribution in [2.24, 2.45) is 0 Å². The van der Waals surface area contributed by atoms with Crippen LogP contribution in [-0.4, -0.2) is 36.6 Å². The Morgan fingerprint density at radius 3 is 2.81 bits per heavy atom. The van der Waals surface area contributed by atoms with Gasteiger partial charge in [-0.3, -0.25) is 9.69 Å². The highest BCUT2D eigenvalue weighted by atomic mass is 16.5. The summed E-state index contributed by atoms with van der Waals surface area (Å²) in [6, 6.07) is 10.5. The van der Waals surface area contributed by atoms with E-state index in [1.807, 2.05) is 30.3 Å². The van der Waals surface area contributed by atoms with Crippen molar-refractivity contribution in [1.82, 2.24) is 4.90 Å². The molecule has 136 valence electrons. The van der Waals surface area contributed by atoms with Gasteiger partial charge in [0.05, 0.1) is 0 Å². The zero-order valence-electron chi connectivity index (χ0n) is 15.5. The molecule has 1 aromatic rings. The van der Waals surface area contributed by atoms with Crippen molar-refractivity contribution >= 4 is 5.97 Å². The van der Waals surface area contributed by atoms with E-state index in [1.165, 1.54) is 12.8 Å². The maximum atomic E-state index is 13.5. The third-order valence-corrected chi connectivity index (χ3v) is 6.03. The molecule has 2 atom stereocenters. The molecule has 0 radical (unpaired) electrons. The lowest BCUT2D eigenvalue weighted by atomic mass is 9.72. The standard InChI is InChI=1S/C23H27NO2/c1-18-10-11-20-13-16-24-15-6-5-9-21(24)17-26-22(25)23(20,14-12-18)19-7-3-2-4-8-19/h2-4,7-8,10-12,14,21H,5-6,9,13,15-17H2,1H3/t21-,23-/m0/s1. The molecule has 0 N–H and O–H groups in total. The Labute approximate surface area is 156 Å². The number of hydrogen-bond acceptors (Lipinski definition) is 3. The number of cyclic esters (lactones) is 1. The number of fused-ring (bicyclic) bond motifs is 2. The van der Waals surface area contributed by atoms with Gasteiger partial charge in [0, 0.05) is 12.6 Å². The summed E-state index contributed by atoms with van der Waals surface area (Å²) < 4.78 is 5.95. The van der Waals surface area contributed by atoms with Crippen LogP contribution in [0.15, 0.2) is 65.8 Å². The summed E-state index contributed by atoms with van der Waals surface area (Å²) >= 11 is 0. The van der Waals surface area contributed by atoms with Crippen molar-refractivity contribution in [3.8, 4) is 0 Å². The molecule has 0 aromatic heterocycles. The summed E-state index contributed by atoms with van der Waals surface area (Å²) in [6.45, 7) is 4.67. The maximum Gasteiger partial charge on any atom is 0.324 e. The molecule has 3 nitrogen and oxygen atoms in total. The fourth-order valence-corrected chi connectivity index (χ4v) is 4.46. The first-order chi connectivity index (χ1) is 12.7. The zero-order chi connectivity index (χ0) is 18.0. The fourth-order valence-electron chi connectivity index (χ4n) is 4.46. The number of allylic oxidation sites excluding steroid dienone is 4. The number of carbonyl (C=O) groups excluding carboxylic acids is 1. The molecule has 0 bridgehead atoms. The van der Waals surface area contributed by atoms with Gasteiger partial charge in [-0.2, -0.15) is 0 Å². The second kappa shape index (κ2) is 7.24. The lowest BCUT2D eigenvalue weighted by Crippen LogP contribution is -2.43. The first kappa shape index (κ1) is 17.3. The first-order valence-electron chi connectivity index (χ1n) is 9.74. The summed E-state index contributed by atoms with van der Waals surface area (Å²) in [5.41, 5.74) is 2.47. The average Bonchev–Trinajstić information content (AvgIpc) is 2.82. The molecule has 3 heteroatoms. The van der Waals surface area contributed by atoms with E-state index in [2.05, 4.69) is 36.1 Å². The minimum atomic E-state index is -0.815. The molecule has 1 aromatic carbocycles. The molecule has 3 aliphatic rings. The van der Waals surface area contributed by atoms with Gasteiger partial charge in [-0.1, -0.05) is 66.6 Å². The SMILES string of the molecule is CC1=CC=C2CCN3CCCC[C@H]3COC(=O)[C@]2(c2ccccc2)C=C1. The summed E-state index contributed by atoms with van der Waals surface area (Å²) in [5, 5.41) is 0. The van der Waals surface area contributed by atoms with E-state index in [4.69, 9.17) is 4.74 Å². The van der Waals surface area contributed by atoms with Crippen molar-refractivity contribution in [2.45, 2.75) is 44.1 Å². The summed E-state index contributed by atoms with van der Waals surface area (Å²) in [6.07, 6.45) is 12.9. The number of hydrogen-bond donors (Lipinski definition) is 0. The smallest absolute Gasteiger partial charge is 0.324 e. The minimum absolute atomic E-state index is 0.137. The lowest BCUT2D eigenvalue weighted by molar-refractivity contribution is -0.149. The number of carbonyl (C=O) groups is 1. The van der Waals surface area contributed by atoms with E-state index >= 15 is 0 Å². The highest BCUT2D eigenvalue weighted by molar-refractivity contribution is 5.90. The fraction of sp³-hybridized carbons (Fsp3) is 0.435. The molecular formula is C23H27NO2. The molecule has 0 saturated carbocycles. The summed E-state index contributed by atoms with van der Waals surface area (Å²) in [7, 11) is 0. The number of esters is 1. The highest BCUT2D eigenvalue weighted by Crippen LogP contribution is 2.40. The van der Waals surface area contributed by atoms with Crippen LogP contribution < -0.4 is 0 Å². The predicted molar refractivity (Wildman–Crippen MR) is 104 cm³/mol. The van der Waals surface area contributed by atoms with E-state index < -0.39 is 5.41 Å². The van der Waals surface area contributed by atoms with Gasteiger partial charge in [-0.25, -0.2) is 0 Å². The van der Waals surface area contributed by atoms with Crippen LogP contribution in [0, 0.1) is 0 Å². The summed E-state index contributed by atoms with van der Waals surface area (Å²) in [5.74, 6) is -0.137. The molecule has 26 heavy (non-hydrogen) atoms. The van der Waals surface area contributed by atoms with Gasteiger partial charge in [0.2, 0.25) is 0 Å². The largest absolute Gasteiger partial charge is 0.463 e. The van der Waals surface area contributed by atoms with Crippen LogP contribution in [0.4, 0.5) is 0 Å². The van der Waals surface area contributed by atoms with Crippen molar-refractivity contribution in [2.75, 3.05) is 19.7 Å². The quantitative estimate of drug-likeness (QED) is 0.713. The van der Waals surface area contributed by atoms with Gasteiger partial charge in [0.15, 0.2) is 0 Å². The van der Waals surface area contributed by atoms with Gasteiger partial charge >= 0.3 is 5.97 Å². The highest BCUT2D eigenvalue weighted by Gasteiger charge is 2.44. The second-order valence-corrected chi connectivity index (χ2v) is 7.64. The molecule has 2 saturated heterocycles. The average molecular weight is 349 g/mol. The Morgan fingerprint density at radius 1 is 1.12 bits per heavy atom. The predicted octanol–water partition coefficient (Wildman–Crippen LogP) is 4.17. The second-order valence-electron chi connectivity index (χ2n) is 7.64. The van der Waals surface area contributed by atoms with Crippen molar-refractivity contribution in [3.05, 3.63) is 71.3 Å². The first-order valence-corrected chi connectivity index (χ1v) is 9.74. The minimum Gasteiger partial charge on any atom is -0.463 e. The van der Waals surface area contributed by atoms with Crippen LogP contribution in [0.2, 0.25) is 0 Å². The monoisotopic (exact) mass is 349 g/mol. The molecule has 0 amide bonds. The van der Waals surface area contributed by atoms with Crippen LogP contribution in [0.25, 0.3) is 0 Å². The van der Waals surface area contributed by atoms with E-state index in [1.54, 1.807) is 0 Å². The Balaban J connectivity index is 1.81. The Morgan fingerprint density at radius 2 is 1.96 bits per heavy atom. The Bertz CT molecular complexity index is 762. The molecule has 0 spiro atoms. The van der Waals surface area contributed by atoms with Crippen molar-refractivity contribution in [3.63, 3.8) is 0 Å². The normalized spacial score (nSPS) is 29.7. The summed E-state index contributed by atoms with van der Waals surface area (Å²) in [4.78, 5) is 16.0. The molecular weight excluding hydrogens is 322 g/mol. The van der Waals surface area contributed by atoms with Crippen LogP contribution in [0.3, 0.4) is 0 Å². The van der Waals surface area contributed by atoms with Crippen molar-refractivity contribution < 1.29 is 9.53 Å². The lowest BCUT2D eigenvalue weighted by Gasteiger charge is -2.34. The van der Waals surface area contributed by atoms with E-state index in [9.17, 15) is 4.79 Å².